The van der Waals surface area contributed by atoms with Gasteiger partial charge >= 0.3 is 5.97 Å². The zero-order chi connectivity index (χ0) is 19.4. The Kier molecular flexibility index (Phi) is 6.08. The molecule has 0 aromatic carbocycles. The molecule has 0 radical (unpaired) electrons. The van der Waals surface area contributed by atoms with E-state index in [0.29, 0.717) is 5.56 Å². The molecule has 0 spiro atoms. The molecule has 1 atom stereocenters. The molecule has 0 unspecified atom stereocenters. The van der Waals surface area contributed by atoms with Gasteiger partial charge in [-0.2, -0.15) is 5.10 Å². The first kappa shape index (κ1) is 19.3. The molecule has 2 aromatic rings. The number of aromatic nitrogens is 3. The van der Waals surface area contributed by atoms with Gasteiger partial charge in [-0.05, 0) is 39.7 Å². The number of pyridine rings is 1. The number of carbonyl (C=O) groups is 2. The molecule has 1 aliphatic carbocycles. The van der Waals surface area contributed by atoms with Gasteiger partial charge in [0.2, 0.25) is 0 Å². The normalized spacial score (nSPS) is 16.9. The van der Waals surface area contributed by atoms with Gasteiger partial charge in [0.1, 0.15) is 0 Å². The maximum atomic E-state index is 12.4. The topological polar surface area (TPSA) is 86.1 Å². The second kappa shape index (κ2) is 8.50. The summed E-state index contributed by atoms with van der Waals surface area (Å²) in [5.41, 5.74) is 1.04. The highest BCUT2D eigenvalue weighted by atomic mass is 16.5. The number of carbonyl (C=O) groups excluding carboxylic acids is 2. The molecule has 7 nitrogen and oxygen atoms in total. The van der Waals surface area contributed by atoms with Crippen LogP contribution in [0.25, 0.3) is 11.0 Å². The van der Waals surface area contributed by atoms with Crippen molar-refractivity contribution in [2.75, 3.05) is 0 Å². The molecule has 2 heterocycles. The lowest BCUT2D eigenvalue weighted by Gasteiger charge is -2.19. The molecule has 0 saturated heterocycles. The predicted molar refractivity (Wildman–Crippen MR) is 102 cm³/mol. The molecule has 0 aliphatic heterocycles. The average molecular weight is 372 g/mol. The van der Waals surface area contributed by atoms with E-state index in [1.807, 2.05) is 13.8 Å². The van der Waals surface area contributed by atoms with Crippen LogP contribution in [-0.4, -0.2) is 38.8 Å². The minimum atomic E-state index is -0.838. The molecule has 2 aromatic heterocycles. The Balaban J connectivity index is 1.62. The van der Waals surface area contributed by atoms with Crippen LogP contribution in [0.3, 0.4) is 0 Å². The zero-order valence-electron chi connectivity index (χ0n) is 16.3. The van der Waals surface area contributed by atoms with E-state index in [9.17, 15) is 9.59 Å². The van der Waals surface area contributed by atoms with E-state index in [2.05, 4.69) is 15.4 Å². The summed E-state index contributed by atoms with van der Waals surface area (Å²) >= 11 is 0. The first-order valence-electron chi connectivity index (χ1n) is 9.80. The molecule has 1 fully saturated rings. The van der Waals surface area contributed by atoms with Gasteiger partial charge in [-0.1, -0.05) is 25.7 Å². The number of ether oxygens (including phenoxy) is 1. The SMILES string of the molecule is CC(C)n1ncc2cc(C(=O)O[C@H](C)C(=O)NC3CCCCCC3)cnc21. The molecule has 7 heteroatoms. The lowest BCUT2D eigenvalue weighted by molar-refractivity contribution is -0.129. The molecule has 146 valence electrons. The molecular weight excluding hydrogens is 344 g/mol. The maximum absolute atomic E-state index is 12.4. The summed E-state index contributed by atoms with van der Waals surface area (Å²) in [5, 5.41) is 8.08. The van der Waals surface area contributed by atoms with Crippen LogP contribution in [0.4, 0.5) is 0 Å². The number of amides is 1. The maximum Gasteiger partial charge on any atom is 0.340 e. The molecule has 1 amide bonds. The molecule has 1 N–H and O–H groups in total. The Hall–Kier alpha value is -2.44. The van der Waals surface area contributed by atoms with Crippen LogP contribution in [0.15, 0.2) is 18.5 Å². The van der Waals surface area contributed by atoms with Crippen LogP contribution < -0.4 is 5.32 Å². The van der Waals surface area contributed by atoms with Crippen molar-refractivity contribution in [2.24, 2.45) is 0 Å². The van der Waals surface area contributed by atoms with Crippen molar-refractivity contribution in [3.05, 3.63) is 24.0 Å². The van der Waals surface area contributed by atoms with Crippen molar-refractivity contribution in [1.82, 2.24) is 20.1 Å². The standard InChI is InChI=1S/C20H28N4O3/c1-13(2)24-18-15(12-22-24)10-16(11-21-18)20(26)27-14(3)19(25)23-17-8-6-4-5-7-9-17/h10-14,17H,4-9H2,1-3H3,(H,23,25)/t14-/m1/s1. The van der Waals surface area contributed by atoms with Crippen LogP contribution in [-0.2, 0) is 9.53 Å². The monoisotopic (exact) mass is 372 g/mol. The lowest BCUT2D eigenvalue weighted by atomic mass is 10.1. The molecule has 3 rings (SSSR count). The van der Waals surface area contributed by atoms with E-state index in [1.54, 1.807) is 23.9 Å². The van der Waals surface area contributed by atoms with Crippen molar-refractivity contribution < 1.29 is 14.3 Å². The quantitative estimate of drug-likeness (QED) is 0.642. The summed E-state index contributed by atoms with van der Waals surface area (Å²) in [6, 6.07) is 2.06. The van der Waals surface area contributed by atoms with E-state index in [1.165, 1.54) is 19.0 Å². The van der Waals surface area contributed by atoms with Crippen LogP contribution in [0.5, 0.6) is 0 Å². The van der Waals surface area contributed by atoms with E-state index < -0.39 is 12.1 Å². The number of nitrogens with one attached hydrogen (secondary N) is 1. The van der Waals surface area contributed by atoms with E-state index >= 15 is 0 Å². The molecule has 1 saturated carbocycles. The molecular formula is C20H28N4O3. The molecule has 0 bridgehead atoms. The van der Waals surface area contributed by atoms with Crippen LogP contribution >= 0.6 is 0 Å². The fraction of sp³-hybridized carbons (Fsp3) is 0.600. The van der Waals surface area contributed by atoms with E-state index in [-0.39, 0.29) is 18.0 Å². The third-order valence-corrected chi connectivity index (χ3v) is 5.01. The zero-order valence-corrected chi connectivity index (χ0v) is 16.3. The third-order valence-electron chi connectivity index (χ3n) is 5.01. The Morgan fingerprint density at radius 1 is 1.15 bits per heavy atom. The summed E-state index contributed by atoms with van der Waals surface area (Å²) in [6.07, 6.45) is 9.01. The number of fused-ring (bicyclic) bond motifs is 1. The highest BCUT2D eigenvalue weighted by Gasteiger charge is 2.23. The first-order valence-corrected chi connectivity index (χ1v) is 9.80. The number of hydrogen-bond donors (Lipinski definition) is 1. The fourth-order valence-electron chi connectivity index (χ4n) is 3.45. The van der Waals surface area contributed by atoms with Gasteiger partial charge in [-0.3, -0.25) is 4.79 Å². The van der Waals surface area contributed by atoms with Crippen molar-refractivity contribution in [3.63, 3.8) is 0 Å². The number of hydrogen-bond acceptors (Lipinski definition) is 5. The Labute approximate surface area is 159 Å². The van der Waals surface area contributed by atoms with Gasteiger partial charge in [0.15, 0.2) is 11.8 Å². The van der Waals surface area contributed by atoms with E-state index in [4.69, 9.17) is 4.74 Å². The molecule has 1 aliphatic rings. The summed E-state index contributed by atoms with van der Waals surface area (Å²) in [6.45, 7) is 5.64. The highest BCUT2D eigenvalue weighted by molar-refractivity contribution is 5.94. The van der Waals surface area contributed by atoms with Gasteiger partial charge in [-0.15, -0.1) is 0 Å². The van der Waals surface area contributed by atoms with Gasteiger partial charge in [0.25, 0.3) is 5.91 Å². The first-order chi connectivity index (χ1) is 13.0. The van der Waals surface area contributed by atoms with Gasteiger partial charge in [-0.25, -0.2) is 14.5 Å². The number of esters is 1. The van der Waals surface area contributed by atoms with E-state index in [0.717, 1.165) is 36.7 Å². The largest absolute Gasteiger partial charge is 0.449 e. The van der Waals surface area contributed by atoms with Crippen molar-refractivity contribution in [2.45, 2.75) is 77.5 Å². The van der Waals surface area contributed by atoms with Crippen LogP contribution in [0.2, 0.25) is 0 Å². The second-order valence-electron chi connectivity index (χ2n) is 7.56. The molecule has 27 heavy (non-hydrogen) atoms. The Morgan fingerprint density at radius 3 is 2.52 bits per heavy atom. The smallest absolute Gasteiger partial charge is 0.340 e. The highest BCUT2D eigenvalue weighted by Crippen LogP contribution is 2.19. The van der Waals surface area contributed by atoms with Crippen LogP contribution in [0, 0.1) is 0 Å². The van der Waals surface area contributed by atoms with Gasteiger partial charge < -0.3 is 10.1 Å². The van der Waals surface area contributed by atoms with Gasteiger partial charge in [0, 0.05) is 23.7 Å². The van der Waals surface area contributed by atoms with Gasteiger partial charge in [0.05, 0.1) is 11.8 Å². The predicted octanol–water partition coefficient (Wildman–Crippen LogP) is 3.40. The summed E-state index contributed by atoms with van der Waals surface area (Å²) in [4.78, 5) is 29.1. The average Bonchev–Trinajstić information content (AvgIpc) is 2.90. The Bertz CT molecular complexity index is 807. The Morgan fingerprint density at radius 2 is 1.85 bits per heavy atom. The third kappa shape index (κ3) is 4.64. The van der Waals surface area contributed by atoms with Crippen molar-refractivity contribution in [3.8, 4) is 0 Å². The summed E-state index contributed by atoms with van der Waals surface area (Å²) in [7, 11) is 0. The minimum absolute atomic E-state index is 0.181. The fourth-order valence-corrected chi connectivity index (χ4v) is 3.45. The van der Waals surface area contributed by atoms with Crippen molar-refractivity contribution in [1.29, 1.82) is 0 Å². The number of nitrogens with zero attached hydrogens (tertiary/aromatic N) is 3. The second-order valence-corrected chi connectivity index (χ2v) is 7.56. The van der Waals surface area contributed by atoms with Crippen LogP contribution in [0.1, 0.15) is 75.7 Å². The lowest BCUT2D eigenvalue weighted by Crippen LogP contribution is -2.41. The number of rotatable bonds is 5. The minimum Gasteiger partial charge on any atom is -0.449 e. The summed E-state index contributed by atoms with van der Waals surface area (Å²) in [5.74, 6) is -0.790. The summed E-state index contributed by atoms with van der Waals surface area (Å²) < 4.78 is 7.15. The van der Waals surface area contributed by atoms with Crippen molar-refractivity contribution >= 4 is 22.9 Å².